The minimum absolute atomic E-state index is 0.483. The molecule has 0 aromatic carbocycles. The second-order valence-electron chi connectivity index (χ2n) is 2.33. The molecule has 0 amide bonds. The van der Waals surface area contributed by atoms with Gasteiger partial charge in [-0.15, -0.1) is 0 Å². The van der Waals surface area contributed by atoms with Crippen LogP contribution in [-0.2, 0) is 0 Å². The Labute approximate surface area is 82.1 Å². The van der Waals surface area contributed by atoms with Crippen LogP contribution in [0.15, 0.2) is 0 Å². The molecule has 1 saturated heterocycles. The molecule has 4 heteroatoms. The fourth-order valence-electron chi connectivity index (χ4n) is 0.552. The topological polar surface area (TPSA) is 0 Å². The van der Waals surface area contributed by atoms with Gasteiger partial charge in [0.15, 0.2) is 0 Å². The lowest BCUT2D eigenvalue weighted by Gasteiger charge is -2.04. The molecule has 10 heavy (non-hydrogen) atoms. The Hall–Kier alpha value is 1.40. The summed E-state index contributed by atoms with van der Waals surface area (Å²) in [6.07, 6.45) is 0. The second-order valence-corrected chi connectivity index (χ2v) is 5.83. The van der Waals surface area contributed by atoms with Crippen molar-refractivity contribution < 1.29 is 0 Å². The van der Waals surface area contributed by atoms with E-state index in [1.807, 2.05) is 11.8 Å². The summed E-state index contributed by atoms with van der Waals surface area (Å²) in [5, 5.41) is 1.45. The predicted molar refractivity (Wildman–Crippen MR) is 60.2 cm³/mol. The first-order chi connectivity index (χ1) is 4.83. The highest BCUT2D eigenvalue weighted by molar-refractivity contribution is 8.08. The molecule has 0 aromatic rings. The molecule has 0 aliphatic carbocycles. The fraction of sp³-hybridized carbons (Fsp3) is 1.00. The summed E-state index contributed by atoms with van der Waals surface area (Å²) in [4.78, 5) is 0. The summed E-state index contributed by atoms with van der Waals surface area (Å²) >= 11 is 12.6. The number of hydrogen-bond donors (Lipinski definition) is 2. The van der Waals surface area contributed by atoms with Crippen LogP contribution in [0.2, 0.25) is 0 Å². The Morgan fingerprint density at radius 3 is 2.90 bits per heavy atom. The van der Waals surface area contributed by atoms with Crippen molar-refractivity contribution in [3.63, 3.8) is 0 Å². The van der Waals surface area contributed by atoms with E-state index in [2.05, 4.69) is 37.0 Å². The summed E-state index contributed by atoms with van der Waals surface area (Å²) < 4.78 is 0. The lowest BCUT2D eigenvalue weighted by Crippen LogP contribution is -2.05. The zero-order valence-electron chi connectivity index (χ0n) is 5.69. The molecule has 0 aromatic heterocycles. The largest absolute Gasteiger partial charge is 0.178 e. The van der Waals surface area contributed by atoms with Gasteiger partial charge in [-0.25, -0.2) is 0 Å². The second kappa shape index (κ2) is 5.12. The maximum Gasteiger partial charge on any atom is 0.0229 e. The minimum Gasteiger partial charge on any atom is -0.178 e. The lowest BCUT2D eigenvalue weighted by atomic mass is 10.5. The fourth-order valence-corrected chi connectivity index (χ4v) is 3.16. The van der Waals surface area contributed by atoms with E-state index in [1.165, 1.54) is 11.5 Å². The molecule has 1 fully saturated rings. The Morgan fingerprint density at radius 1 is 1.70 bits per heavy atom. The highest BCUT2D eigenvalue weighted by Gasteiger charge is 2.21. The summed E-state index contributed by atoms with van der Waals surface area (Å²) in [7, 11) is 0. The third-order valence-corrected chi connectivity index (χ3v) is 5.03. The van der Waals surface area contributed by atoms with Crippen molar-refractivity contribution in [3.8, 4) is 0 Å². The van der Waals surface area contributed by atoms with Gasteiger partial charge in [0.05, 0.1) is 0 Å². The van der Waals surface area contributed by atoms with E-state index >= 15 is 0 Å². The monoisotopic (exact) mass is 212 g/mol. The SMILES string of the molecule is SCC(S)CSCC1CS1. The molecule has 1 heterocycles. The van der Waals surface area contributed by atoms with Gasteiger partial charge in [0.1, 0.15) is 0 Å². The Balaban J connectivity index is 1.83. The number of thiol groups is 2. The van der Waals surface area contributed by atoms with Crippen molar-refractivity contribution in [2.75, 3.05) is 23.0 Å². The average molecular weight is 212 g/mol. The number of hydrogen-bond acceptors (Lipinski definition) is 4. The van der Waals surface area contributed by atoms with Crippen LogP contribution in [-0.4, -0.2) is 33.5 Å². The third kappa shape index (κ3) is 4.31. The first kappa shape index (κ1) is 9.49. The van der Waals surface area contributed by atoms with E-state index in [0.717, 1.165) is 16.8 Å². The summed E-state index contributed by atoms with van der Waals surface area (Å²) in [6.45, 7) is 0. The molecule has 2 unspecified atom stereocenters. The van der Waals surface area contributed by atoms with Crippen LogP contribution in [0.1, 0.15) is 0 Å². The molecule has 0 spiro atoms. The molecule has 0 saturated carbocycles. The molecule has 60 valence electrons. The molecule has 0 N–H and O–H groups in total. The zero-order chi connectivity index (χ0) is 7.40. The Kier molecular flexibility index (Phi) is 4.86. The Bertz CT molecular complexity index is 91.7. The van der Waals surface area contributed by atoms with Crippen LogP contribution < -0.4 is 0 Å². The third-order valence-electron chi connectivity index (χ3n) is 1.23. The normalized spacial score (nSPS) is 26.4. The van der Waals surface area contributed by atoms with Gasteiger partial charge in [-0.1, -0.05) is 0 Å². The van der Waals surface area contributed by atoms with Crippen LogP contribution in [0.3, 0.4) is 0 Å². The Morgan fingerprint density at radius 2 is 2.40 bits per heavy atom. The summed E-state index contributed by atoms with van der Waals surface area (Å²) in [5.41, 5.74) is 0. The summed E-state index contributed by atoms with van der Waals surface area (Å²) in [6, 6.07) is 0. The molecule has 1 aliphatic rings. The molecular formula is C6H12S4. The van der Waals surface area contributed by atoms with E-state index < -0.39 is 0 Å². The van der Waals surface area contributed by atoms with E-state index in [0.29, 0.717) is 5.25 Å². The van der Waals surface area contributed by atoms with E-state index in [1.54, 1.807) is 0 Å². The first-order valence-electron chi connectivity index (χ1n) is 3.31. The van der Waals surface area contributed by atoms with Gasteiger partial charge in [0.2, 0.25) is 0 Å². The van der Waals surface area contributed by atoms with Gasteiger partial charge in [-0.3, -0.25) is 0 Å². The van der Waals surface area contributed by atoms with Crippen molar-refractivity contribution in [2.24, 2.45) is 0 Å². The van der Waals surface area contributed by atoms with E-state index in [-0.39, 0.29) is 0 Å². The maximum absolute atomic E-state index is 4.35. The van der Waals surface area contributed by atoms with Crippen molar-refractivity contribution in [1.29, 1.82) is 0 Å². The van der Waals surface area contributed by atoms with Crippen LogP contribution in [0.25, 0.3) is 0 Å². The van der Waals surface area contributed by atoms with Gasteiger partial charge < -0.3 is 0 Å². The standard InChI is InChI=1S/C6H12S4/c7-1-5(8)2-9-3-6-4-10-6/h5-8H,1-4H2. The van der Waals surface area contributed by atoms with Gasteiger partial charge in [-0.2, -0.15) is 48.8 Å². The smallest absolute Gasteiger partial charge is 0.0229 e. The maximum atomic E-state index is 4.35. The van der Waals surface area contributed by atoms with Crippen LogP contribution in [0.5, 0.6) is 0 Å². The van der Waals surface area contributed by atoms with Gasteiger partial charge in [-0.05, 0) is 0 Å². The molecule has 1 aliphatic heterocycles. The lowest BCUT2D eigenvalue weighted by molar-refractivity contribution is 1.16. The van der Waals surface area contributed by atoms with E-state index in [9.17, 15) is 0 Å². The van der Waals surface area contributed by atoms with Crippen LogP contribution in [0.4, 0.5) is 0 Å². The molecular weight excluding hydrogens is 200 g/mol. The van der Waals surface area contributed by atoms with Gasteiger partial charge >= 0.3 is 0 Å². The molecule has 2 atom stereocenters. The van der Waals surface area contributed by atoms with Crippen molar-refractivity contribution in [1.82, 2.24) is 0 Å². The molecule has 0 bridgehead atoms. The highest BCUT2D eigenvalue weighted by atomic mass is 32.2. The van der Waals surface area contributed by atoms with Crippen LogP contribution >= 0.6 is 48.8 Å². The number of thioether (sulfide) groups is 2. The first-order valence-corrected chi connectivity index (χ1v) is 6.66. The quantitative estimate of drug-likeness (QED) is 0.529. The van der Waals surface area contributed by atoms with Gasteiger partial charge in [0, 0.05) is 33.5 Å². The predicted octanol–water partition coefficient (Wildman–Crippen LogP) is 2.06. The van der Waals surface area contributed by atoms with Crippen molar-refractivity contribution in [2.45, 2.75) is 10.5 Å². The molecule has 1 rings (SSSR count). The summed E-state index contributed by atoms with van der Waals surface area (Å²) in [5.74, 6) is 4.75. The average Bonchev–Trinajstić information content (AvgIpc) is 2.71. The van der Waals surface area contributed by atoms with Crippen molar-refractivity contribution >= 4 is 48.8 Å². The van der Waals surface area contributed by atoms with Gasteiger partial charge in [0.25, 0.3) is 0 Å². The molecule has 0 radical (unpaired) electrons. The van der Waals surface area contributed by atoms with Crippen molar-refractivity contribution in [3.05, 3.63) is 0 Å². The van der Waals surface area contributed by atoms with E-state index in [4.69, 9.17) is 0 Å². The minimum atomic E-state index is 0.483. The highest BCUT2D eigenvalue weighted by Crippen LogP contribution is 2.33. The van der Waals surface area contributed by atoms with Crippen LogP contribution in [0, 0.1) is 0 Å². The number of rotatable bonds is 5. The molecule has 0 nitrogen and oxygen atoms in total. The zero-order valence-corrected chi connectivity index (χ0v) is 9.12.